The monoisotopic (exact) mass is 370 g/mol. The van der Waals surface area contributed by atoms with Crippen LogP contribution in [0.15, 0.2) is 36.4 Å². The van der Waals surface area contributed by atoms with Gasteiger partial charge < -0.3 is 20.1 Å². The van der Waals surface area contributed by atoms with Crippen molar-refractivity contribution in [3.05, 3.63) is 53.1 Å². The lowest BCUT2D eigenvalue weighted by atomic mass is 9.95. The molecule has 5 heteroatoms. The molecule has 0 fully saturated rings. The highest BCUT2D eigenvalue weighted by Crippen LogP contribution is 2.34. The van der Waals surface area contributed by atoms with Crippen molar-refractivity contribution in [3.8, 4) is 11.5 Å². The van der Waals surface area contributed by atoms with Crippen LogP contribution in [-0.2, 0) is 0 Å². The molecule has 2 aromatic rings. The molecule has 0 spiro atoms. The van der Waals surface area contributed by atoms with Crippen LogP contribution in [0, 0.1) is 19.8 Å². The van der Waals surface area contributed by atoms with Gasteiger partial charge in [0.2, 0.25) is 0 Å². The molecule has 0 saturated carbocycles. The lowest BCUT2D eigenvalue weighted by Crippen LogP contribution is -2.35. The fourth-order valence-corrected chi connectivity index (χ4v) is 3.26. The molecular weight excluding hydrogens is 344 g/mol. The van der Waals surface area contributed by atoms with Gasteiger partial charge in [0.1, 0.15) is 13.2 Å². The number of anilines is 1. The summed E-state index contributed by atoms with van der Waals surface area (Å²) in [6.07, 6.45) is 0. The van der Waals surface area contributed by atoms with Crippen LogP contribution in [0.3, 0.4) is 0 Å². The van der Waals surface area contributed by atoms with Crippen LogP contribution in [0.5, 0.6) is 11.5 Å². The summed E-state index contributed by atoms with van der Waals surface area (Å²) in [7, 11) is 0. The van der Waals surface area contributed by atoms with Crippen molar-refractivity contribution in [2.24, 2.45) is 5.92 Å². The summed E-state index contributed by atoms with van der Waals surface area (Å²) in [4.78, 5) is 0. The fourth-order valence-electron chi connectivity index (χ4n) is 3.02. The van der Waals surface area contributed by atoms with Crippen molar-refractivity contribution < 1.29 is 9.47 Å². The van der Waals surface area contributed by atoms with Crippen LogP contribution in [-0.4, -0.2) is 18.3 Å². The van der Waals surface area contributed by atoms with Crippen molar-refractivity contribution in [2.45, 2.75) is 33.7 Å². The minimum absolute atomic E-state index is 0.0809. The number of aryl methyl sites for hydroxylation is 2. The first kappa shape index (κ1) is 18.5. The number of rotatable bonds is 4. The van der Waals surface area contributed by atoms with Gasteiger partial charge in [-0.1, -0.05) is 26.0 Å². The first-order valence-electron chi connectivity index (χ1n) is 8.98. The molecule has 1 heterocycles. The van der Waals surface area contributed by atoms with E-state index in [9.17, 15) is 0 Å². The van der Waals surface area contributed by atoms with E-state index in [0.717, 1.165) is 22.7 Å². The molecule has 1 atom stereocenters. The lowest BCUT2D eigenvalue weighted by molar-refractivity contribution is 0.171. The van der Waals surface area contributed by atoms with Gasteiger partial charge in [0.15, 0.2) is 16.6 Å². The Hall–Kier alpha value is -2.27. The Morgan fingerprint density at radius 2 is 1.69 bits per heavy atom. The van der Waals surface area contributed by atoms with E-state index in [2.05, 4.69) is 56.5 Å². The molecule has 138 valence electrons. The molecule has 2 N–H and O–H groups in total. The standard InChI is InChI=1S/C21H26N2O2S/c1-13(2)20(16-6-8-18-19(12-16)25-10-9-24-18)23-21(26)22-17-7-5-14(3)15(4)11-17/h5-8,11-13,20H,9-10H2,1-4H3,(H2,22,23,26)/t20-/m0/s1. The van der Waals surface area contributed by atoms with E-state index in [0.29, 0.717) is 24.2 Å². The lowest BCUT2D eigenvalue weighted by Gasteiger charge is -2.26. The molecule has 1 aliphatic heterocycles. The highest BCUT2D eigenvalue weighted by molar-refractivity contribution is 7.80. The van der Waals surface area contributed by atoms with Crippen molar-refractivity contribution in [3.63, 3.8) is 0 Å². The van der Waals surface area contributed by atoms with Gasteiger partial charge >= 0.3 is 0 Å². The minimum atomic E-state index is 0.0809. The Morgan fingerprint density at radius 1 is 0.962 bits per heavy atom. The maximum atomic E-state index is 5.72. The molecule has 0 bridgehead atoms. The van der Waals surface area contributed by atoms with Crippen molar-refractivity contribution >= 4 is 23.0 Å². The van der Waals surface area contributed by atoms with Crippen molar-refractivity contribution in [2.75, 3.05) is 18.5 Å². The second-order valence-corrected chi connectivity index (χ2v) is 7.43. The summed E-state index contributed by atoms with van der Waals surface area (Å²) in [5.74, 6) is 1.96. The van der Waals surface area contributed by atoms with Gasteiger partial charge in [-0.05, 0) is 72.9 Å². The third-order valence-electron chi connectivity index (χ3n) is 4.64. The SMILES string of the molecule is Cc1ccc(NC(=S)N[C@H](c2ccc3c(c2)OCCO3)C(C)C)cc1C. The Bertz CT molecular complexity index is 805. The van der Waals surface area contributed by atoms with E-state index >= 15 is 0 Å². The summed E-state index contributed by atoms with van der Waals surface area (Å²) in [6, 6.07) is 12.4. The molecule has 0 saturated heterocycles. The molecule has 1 aliphatic rings. The molecule has 26 heavy (non-hydrogen) atoms. The molecule has 0 aromatic heterocycles. The van der Waals surface area contributed by atoms with Gasteiger partial charge in [0.25, 0.3) is 0 Å². The predicted octanol–water partition coefficient (Wildman–Crippen LogP) is 4.76. The molecule has 0 unspecified atom stereocenters. The zero-order valence-electron chi connectivity index (χ0n) is 15.8. The maximum absolute atomic E-state index is 5.72. The van der Waals surface area contributed by atoms with E-state index in [-0.39, 0.29) is 6.04 Å². The quantitative estimate of drug-likeness (QED) is 0.760. The number of thiocarbonyl (C=S) groups is 1. The Labute approximate surface area is 160 Å². The van der Waals surface area contributed by atoms with Crippen LogP contribution in [0.2, 0.25) is 0 Å². The summed E-state index contributed by atoms with van der Waals surface area (Å²) in [5, 5.41) is 7.35. The number of ether oxygens (including phenoxy) is 2. The Balaban J connectivity index is 1.73. The Morgan fingerprint density at radius 3 is 2.38 bits per heavy atom. The van der Waals surface area contributed by atoms with Gasteiger partial charge in [0.05, 0.1) is 6.04 Å². The normalized spacial score (nSPS) is 14.0. The van der Waals surface area contributed by atoms with E-state index in [1.54, 1.807) is 0 Å². The van der Waals surface area contributed by atoms with Crippen molar-refractivity contribution in [1.82, 2.24) is 5.32 Å². The first-order valence-corrected chi connectivity index (χ1v) is 9.39. The smallest absolute Gasteiger partial charge is 0.171 e. The summed E-state index contributed by atoms with van der Waals surface area (Å²) in [5.41, 5.74) is 4.64. The molecule has 0 amide bonds. The van der Waals surface area contributed by atoms with Crippen LogP contribution in [0.4, 0.5) is 5.69 Å². The largest absolute Gasteiger partial charge is 0.486 e. The van der Waals surface area contributed by atoms with Gasteiger partial charge in [-0.25, -0.2) is 0 Å². The predicted molar refractivity (Wildman–Crippen MR) is 110 cm³/mol. The maximum Gasteiger partial charge on any atom is 0.171 e. The third kappa shape index (κ3) is 4.28. The average Bonchev–Trinajstić information content (AvgIpc) is 2.62. The van der Waals surface area contributed by atoms with Gasteiger partial charge in [0, 0.05) is 5.69 Å². The number of nitrogens with one attached hydrogen (secondary N) is 2. The van der Waals surface area contributed by atoms with Crippen LogP contribution < -0.4 is 20.1 Å². The molecule has 0 aliphatic carbocycles. The molecule has 2 aromatic carbocycles. The second-order valence-electron chi connectivity index (χ2n) is 7.02. The van der Waals surface area contributed by atoms with E-state index in [4.69, 9.17) is 21.7 Å². The molecule has 0 radical (unpaired) electrons. The topological polar surface area (TPSA) is 42.5 Å². The first-order chi connectivity index (χ1) is 12.4. The van der Waals surface area contributed by atoms with Crippen LogP contribution in [0.1, 0.15) is 36.6 Å². The van der Waals surface area contributed by atoms with E-state index < -0.39 is 0 Å². The summed E-state index contributed by atoms with van der Waals surface area (Å²) in [6.45, 7) is 9.74. The second kappa shape index (κ2) is 7.96. The number of fused-ring (bicyclic) bond motifs is 1. The minimum Gasteiger partial charge on any atom is -0.486 e. The molecular formula is C21H26N2O2S. The highest BCUT2D eigenvalue weighted by atomic mass is 32.1. The number of hydrogen-bond acceptors (Lipinski definition) is 3. The number of benzene rings is 2. The van der Waals surface area contributed by atoms with Crippen LogP contribution in [0.25, 0.3) is 0 Å². The van der Waals surface area contributed by atoms with Gasteiger partial charge in [-0.3, -0.25) is 0 Å². The highest BCUT2D eigenvalue weighted by Gasteiger charge is 2.20. The third-order valence-corrected chi connectivity index (χ3v) is 4.86. The molecule has 3 rings (SSSR count). The fraction of sp³-hybridized carbons (Fsp3) is 0.381. The summed E-state index contributed by atoms with van der Waals surface area (Å²) < 4.78 is 11.3. The average molecular weight is 371 g/mol. The molecule has 4 nitrogen and oxygen atoms in total. The zero-order chi connectivity index (χ0) is 18.7. The zero-order valence-corrected chi connectivity index (χ0v) is 16.6. The summed E-state index contributed by atoms with van der Waals surface area (Å²) >= 11 is 5.55. The van der Waals surface area contributed by atoms with Crippen molar-refractivity contribution in [1.29, 1.82) is 0 Å². The van der Waals surface area contributed by atoms with Crippen LogP contribution >= 0.6 is 12.2 Å². The number of hydrogen-bond donors (Lipinski definition) is 2. The van der Waals surface area contributed by atoms with Gasteiger partial charge in [-0.15, -0.1) is 0 Å². The Kier molecular flexibility index (Phi) is 5.67. The van der Waals surface area contributed by atoms with E-state index in [1.807, 2.05) is 18.2 Å². The van der Waals surface area contributed by atoms with Gasteiger partial charge in [-0.2, -0.15) is 0 Å². The van der Waals surface area contributed by atoms with E-state index in [1.165, 1.54) is 11.1 Å².